The zero-order valence-electron chi connectivity index (χ0n) is 10.6. The van der Waals surface area contributed by atoms with Crippen molar-refractivity contribution in [1.29, 1.82) is 0 Å². The number of nitrogens with zero attached hydrogens (tertiary/aromatic N) is 1. The molecule has 0 bridgehead atoms. The summed E-state index contributed by atoms with van der Waals surface area (Å²) < 4.78 is 37.2. The first-order valence-electron chi connectivity index (χ1n) is 6.15. The summed E-state index contributed by atoms with van der Waals surface area (Å²) in [4.78, 5) is 9.92. The molecule has 0 unspecified atom stereocenters. The van der Waals surface area contributed by atoms with E-state index in [1.807, 2.05) is 0 Å². The van der Waals surface area contributed by atoms with Crippen molar-refractivity contribution in [3.05, 3.63) is 33.9 Å². The number of anilines is 1. The maximum Gasteiger partial charge on any atom is 0.270 e. The molecule has 8 heteroatoms. The third kappa shape index (κ3) is 3.50. The van der Waals surface area contributed by atoms with E-state index in [2.05, 4.69) is 5.32 Å². The highest BCUT2D eigenvalue weighted by Crippen LogP contribution is 2.31. The van der Waals surface area contributed by atoms with Gasteiger partial charge in [0, 0.05) is 51.7 Å². The normalized spacial score (nSPS) is 22.8. The lowest BCUT2D eigenvalue weighted by atomic mass is 10.1. The maximum absolute atomic E-state index is 13.0. The number of rotatable bonds is 4. The fourth-order valence-corrected chi connectivity index (χ4v) is 3.43. The van der Waals surface area contributed by atoms with E-state index in [-0.39, 0.29) is 23.0 Å². The minimum atomic E-state index is -2.78. The molecule has 5 nitrogen and oxygen atoms in total. The molecule has 0 aromatic heterocycles. The number of hydrogen-bond acceptors (Lipinski definition) is 4. The lowest BCUT2D eigenvalue weighted by Crippen LogP contribution is -2.29. The summed E-state index contributed by atoms with van der Waals surface area (Å²) in [6.45, 7) is 0. The largest absolute Gasteiger partial charge is 0.382 e. The van der Waals surface area contributed by atoms with Crippen LogP contribution in [0.2, 0.25) is 0 Å². The zero-order chi connectivity index (χ0) is 14.7. The Bertz CT molecular complexity index is 529. The Labute approximate surface area is 117 Å². The standard InChI is InChI=1S/C12H14F2N2O3S/c13-12(14)10-7-9(16(17)18)1-2-11(10)15-8-3-5-20(19)6-4-8/h1-2,7-8,12,15H,3-6H2. The molecule has 1 aliphatic rings. The van der Waals surface area contributed by atoms with Gasteiger partial charge in [0.05, 0.1) is 4.92 Å². The van der Waals surface area contributed by atoms with E-state index < -0.39 is 22.1 Å². The van der Waals surface area contributed by atoms with Gasteiger partial charge in [0.2, 0.25) is 0 Å². The molecule has 0 spiro atoms. The summed E-state index contributed by atoms with van der Waals surface area (Å²) >= 11 is 0. The van der Waals surface area contributed by atoms with Crippen molar-refractivity contribution in [2.75, 3.05) is 16.8 Å². The van der Waals surface area contributed by atoms with Gasteiger partial charge in [-0.15, -0.1) is 0 Å². The van der Waals surface area contributed by atoms with Crippen LogP contribution in [0.15, 0.2) is 18.2 Å². The fourth-order valence-electron chi connectivity index (χ4n) is 2.13. The molecule has 0 saturated carbocycles. The van der Waals surface area contributed by atoms with Gasteiger partial charge in [-0.25, -0.2) is 8.78 Å². The molecule has 1 aromatic rings. The first-order chi connectivity index (χ1) is 9.47. The van der Waals surface area contributed by atoms with Crippen molar-refractivity contribution < 1.29 is 17.9 Å². The first kappa shape index (κ1) is 14.8. The Balaban J connectivity index is 2.18. The predicted molar refractivity (Wildman–Crippen MR) is 72.6 cm³/mol. The Morgan fingerprint density at radius 3 is 2.55 bits per heavy atom. The van der Waals surface area contributed by atoms with Gasteiger partial charge in [0.15, 0.2) is 0 Å². The quantitative estimate of drug-likeness (QED) is 0.686. The second kappa shape index (κ2) is 6.25. The van der Waals surface area contributed by atoms with Crippen molar-refractivity contribution in [1.82, 2.24) is 0 Å². The number of hydrogen-bond donors (Lipinski definition) is 1. The number of nitrogens with one attached hydrogen (secondary N) is 1. The van der Waals surface area contributed by atoms with Crippen LogP contribution in [0, 0.1) is 10.1 Å². The van der Waals surface area contributed by atoms with Gasteiger partial charge >= 0.3 is 0 Å². The topological polar surface area (TPSA) is 72.2 Å². The van der Waals surface area contributed by atoms with E-state index in [1.54, 1.807) is 0 Å². The number of alkyl halides is 2. The van der Waals surface area contributed by atoms with Crippen molar-refractivity contribution in [2.24, 2.45) is 0 Å². The monoisotopic (exact) mass is 304 g/mol. The minimum absolute atomic E-state index is 0.0216. The molecule has 0 radical (unpaired) electrons. The molecule has 110 valence electrons. The fraction of sp³-hybridized carbons (Fsp3) is 0.500. The lowest BCUT2D eigenvalue weighted by Gasteiger charge is -2.24. The SMILES string of the molecule is O=[N+]([O-])c1ccc(NC2CCS(=O)CC2)c(C(F)F)c1. The number of non-ortho nitro benzene ring substituents is 1. The molecule has 0 aliphatic carbocycles. The van der Waals surface area contributed by atoms with E-state index >= 15 is 0 Å². The maximum atomic E-state index is 13.0. The Hall–Kier alpha value is -1.57. The van der Waals surface area contributed by atoms with Gasteiger partial charge in [0.25, 0.3) is 12.1 Å². The molecular formula is C12H14F2N2O3S. The van der Waals surface area contributed by atoms with E-state index in [0.29, 0.717) is 24.3 Å². The molecule has 1 saturated heterocycles. The lowest BCUT2D eigenvalue weighted by molar-refractivity contribution is -0.385. The van der Waals surface area contributed by atoms with Crippen molar-refractivity contribution in [3.8, 4) is 0 Å². The van der Waals surface area contributed by atoms with E-state index in [1.165, 1.54) is 12.1 Å². The first-order valence-corrected chi connectivity index (χ1v) is 7.64. The van der Waals surface area contributed by atoms with Gasteiger partial charge in [0.1, 0.15) is 0 Å². The highest BCUT2D eigenvalue weighted by molar-refractivity contribution is 7.85. The van der Waals surface area contributed by atoms with Crippen molar-refractivity contribution >= 4 is 22.2 Å². The molecule has 1 fully saturated rings. The smallest absolute Gasteiger partial charge is 0.270 e. The van der Waals surface area contributed by atoms with Crippen LogP contribution < -0.4 is 5.32 Å². The van der Waals surface area contributed by atoms with Gasteiger partial charge in [-0.3, -0.25) is 14.3 Å². The Morgan fingerprint density at radius 2 is 2.00 bits per heavy atom. The molecule has 1 heterocycles. The molecule has 1 N–H and O–H groups in total. The molecule has 1 aromatic carbocycles. The summed E-state index contributed by atoms with van der Waals surface area (Å²) in [6, 6.07) is 3.39. The zero-order valence-corrected chi connectivity index (χ0v) is 11.4. The van der Waals surface area contributed by atoms with Crippen molar-refractivity contribution in [3.63, 3.8) is 0 Å². The highest BCUT2D eigenvalue weighted by Gasteiger charge is 2.22. The summed E-state index contributed by atoms with van der Waals surface area (Å²) in [7, 11) is -0.820. The molecule has 0 amide bonds. The van der Waals surface area contributed by atoms with Gasteiger partial charge in [-0.05, 0) is 18.9 Å². The van der Waals surface area contributed by atoms with E-state index in [0.717, 1.165) is 6.07 Å². The summed E-state index contributed by atoms with van der Waals surface area (Å²) in [5, 5.41) is 13.6. The number of benzene rings is 1. The Kier molecular flexibility index (Phi) is 4.64. The van der Waals surface area contributed by atoms with Crippen LogP contribution in [-0.4, -0.2) is 26.7 Å². The number of nitro benzene ring substituents is 1. The molecule has 1 aliphatic heterocycles. The second-order valence-corrected chi connectivity index (χ2v) is 6.29. The third-order valence-electron chi connectivity index (χ3n) is 3.23. The Morgan fingerprint density at radius 1 is 1.35 bits per heavy atom. The average molecular weight is 304 g/mol. The van der Waals surface area contributed by atoms with Gasteiger partial charge in [-0.1, -0.05) is 0 Å². The van der Waals surface area contributed by atoms with Crippen LogP contribution in [0.3, 0.4) is 0 Å². The van der Waals surface area contributed by atoms with Crippen LogP contribution >= 0.6 is 0 Å². The van der Waals surface area contributed by atoms with Gasteiger partial charge in [-0.2, -0.15) is 0 Å². The molecule has 0 atom stereocenters. The summed E-state index contributed by atoms with van der Waals surface area (Å²) in [5.41, 5.74) is -0.509. The summed E-state index contributed by atoms with van der Waals surface area (Å²) in [5.74, 6) is 1.10. The van der Waals surface area contributed by atoms with E-state index in [9.17, 15) is 23.1 Å². The van der Waals surface area contributed by atoms with E-state index in [4.69, 9.17) is 0 Å². The molecule has 2 rings (SSSR count). The van der Waals surface area contributed by atoms with Crippen LogP contribution in [0.25, 0.3) is 0 Å². The summed E-state index contributed by atoms with van der Waals surface area (Å²) in [6.07, 6.45) is -1.49. The molecular weight excluding hydrogens is 290 g/mol. The minimum Gasteiger partial charge on any atom is -0.382 e. The van der Waals surface area contributed by atoms with Crippen LogP contribution in [-0.2, 0) is 10.8 Å². The van der Waals surface area contributed by atoms with Gasteiger partial charge < -0.3 is 5.32 Å². The highest BCUT2D eigenvalue weighted by atomic mass is 32.2. The average Bonchev–Trinajstić information content (AvgIpc) is 2.41. The number of nitro groups is 1. The second-order valence-electron chi connectivity index (χ2n) is 4.60. The van der Waals surface area contributed by atoms with Crippen molar-refractivity contribution in [2.45, 2.75) is 25.3 Å². The third-order valence-corrected chi connectivity index (χ3v) is 4.61. The van der Waals surface area contributed by atoms with Crippen LogP contribution in [0.1, 0.15) is 24.8 Å². The van der Waals surface area contributed by atoms with Crippen LogP contribution in [0.5, 0.6) is 0 Å². The molecule has 20 heavy (non-hydrogen) atoms. The predicted octanol–water partition coefficient (Wildman–Crippen LogP) is 2.86. The number of halogens is 2. The van der Waals surface area contributed by atoms with Crippen LogP contribution in [0.4, 0.5) is 20.2 Å².